The lowest BCUT2D eigenvalue weighted by Gasteiger charge is -2.06. The van der Waals surface area contributed by atoms with E-state index in [2.05, 4.69) is 15.9 Å². The van der Waals surface area contributed by atoms with Crippen LogP contribution in [0.3, 0.4) is 0 Å². The van der Waals surface area contributed by atoms with Crippen LogP contribution in [0.4, 0.5) is 5.69 Å². The van der Waals surface area contributed by atoms with Crippen LogP contribution < -0.4 is 5.73 Å². The van der Waals surface area contributed by atoms with E-state index in [0.717, 1.165) is 16.5 Å². The van der Waals surface area contributed by atoms with Crippen LogP contribution >= 0.6 is 15.9 Å². The van der Waals surface area contributed by atoms with E-state index in [-0.39, 0.29) is 0 Å². The fourth-order valence-corrected chi connectivity index (χ4v) is 3.08. The summed E-state index contributed by atoms with van der Waals surface area (Å²) in [6.07, 6.45) is 0.822. The highest BCUT2D eigenvalue weighted by molar-refractivity contribution is 9.10. The first-order chi connectivity index (χ1) is 7.65. The van der Waals surface area contributed by atoms with E-state index in [1.165, 1.54) is 0 Å². The Morgan fingerprint density at radius 1 is 1.50 bits per heavy atom. The summed E-state index contributed by atoms with van der Waals surface area (Å²) in [6, 6.07) is 5.64. The molecule has 0 radical (unpaired) electrons. The molecule has 0 aromatic heterocycles. The lowest BCUT2D eigenvalue weighted by atomic mass is 10.2. The van der Waals surface area contributed by atoms with Crippen molar-refractivity contribution >= 4 is 32.4 Å². The van der Waals surface area contributed by atoms with Gasteiger partial charge >= 0.3 is 0 Å². The SMILES string of the molecule is COCCCS(=O)Cc1cccc(N)c1Br. The summed E-state index contributed by atoms with van der Waals surface area (Å²) in [6.45, 7) is 0.657. The summed E-state index contributed by atoms with van der Waals surface area (Å²) < 4.78 is 17.5. The predicted molar refractivity (Wildman–Crippen MR) is 71.8 cm³/mol. The van der Waals surface area contributed by atoms with Gasteiger partial charge in [-0.05, 0) is 34.0 Å². The van der Waals surface area contributed by atoms with E-state index >= 15 is 0 Å². The third kappa shape index (κ3) is 4.23. The number of nitrogens with two attached hydrogens (primary N) is 1. The Kier molecular flexibility index (Phi) is 6.01. The van der Waals surface area contributed by atoms with E-state index in [1.54, 1.807) is 7.11 Å². The van der Waals surface area contributed by atoms with Gasteiger partial charge in [0.05, 0.1) is 0 Å². The van der Waals surface area contributed by atoms with E-state index in [4.69, 9.17) is 10.5 Å². The molecule has 5 heteroatoms. The predicted octanol–water partition coefficient (Wildman–Crippen LogP) is 2.32. The van der Waals surface area contributed by atoms with Crippen molar-refractivity contribution in [1.82, 2.24) is 0 Å². The zero-order valence-electron chi connectivity index (χ0n) is 9.24. The Balaban J connectivity index is 2.53. The third-order valence-corrected chi connectivity index (χ3v) is 4.49. The van der Waals surface area contributed by atoms with Gasteiger partial charge in [0.15, 0.2) is 0 Å². The van der Waals surface area contributed by atoms with E-state index in [0.29, 0.717) is 23.8 Å². The molecule has 1 atom stereocenters. The van der Waals surface area contributed by atoms with Gasteiger partial charge < -0.3 is 10.5 Å². The van der Waals surface area contributed by atoms with Crippen LogP contribution in [-0.2, 0) is 21.3 Å². The van der Waals surface area contributed by atoms with Crippen molar-refractivity contribution in [3.05, 3.63) is 28.2 Å². The molecule has 0 saturated heterocycles. The molecule has 90 valence electrons. The van der Waals surface area contributed by atoms with E-state index < -0.39 is 10.8 Å². The number of nitrogen functional groups attached to an aromatic ring is 1. The van der Waals surface area contributed by atoms with Crippen molar-refractivity contribution in [2.45, 2.75) is 12.2 Å². The summed E-state index contributed by atoms with van der Waals surface area (Å²) in [5, 5.41) is 0. The molecule has 0 bridgehead atoms. The highest BCUT2D eigenvalue weighted by atomic mass is 79.9. The Morgan fingerprint density at radius 3 is 2.94 bits per heavy atom. The largest absolute Gasteiger partial charge is 0.398 e. The van der Waals surface area contributed by atoms with E-state index in [9.17, 15) is 4.21 Å². The summed E-state index contributed by atoms with van der Waals surface area (Å²) >= 11 is 3.41. The van der Waals surface area contributed by atoms with Gasteiger partial charge in [0.25, 0.3) is 0 Å². The van der Waals surface area contributed by atoms with Gasteiger partial charge in [0, 0.05) is 46.2 Å². The minimum absolute atomic E-state index is 0.537. The number of hydrogen-bond acceptors (Lipinski definition) is 3. The van der Waals surface area contributed by atoms with Crippen molar-refractivity contribution in [1.29, 1.82) is 0 Å². The molecule has 0 saturated carbocycles. The minimum Gasteiger partial charge on any atom is -0.398 e. The lowest BCUT2D eigenvalue weighted by molar-refractivity contribution is 0.200. The number of halogens is 1. The fourth-order valence-electron chi connectivity index (χ4n) is 1.32. The molecule has 0 spiro atoms. The zero-order chi connectivity index (χ0) is 12.0. The zero-order valence-corrected chi connectivity index (χ0v) is 11.6. The van der Waals surface area contributed by atoms with Crippen molar-refractivity contribution < 1.29 is 8.95 Å². The quantitative estimate of drug-likeness (QED) is 0.648. The van der Waals surface area contributed by atoms with Crippen molar-refractivity contribution in [3.63, 3.8) is 0 Å². The van der Waals surface area contributed by atoms with Crippen LogP contribution in [0, 0.1) is 0 Å². The highest BCUT2D eigenvalue weighted by Crippen LogP contribution is 2.24. The molecule has 2 N–H and O–H groups in total. The average molecular weight is 306 g/mol. The van der Waals surface area contributed by atoms with Crippen LogP contribution in [-0.4, -0.2) is 23.7 Å². The maximum absolute atomic E-state index is 11.7. The molecule has 1 rings (SSSR count). The fraction of sp³-hybridized carbons (Fsp3) is 0.455. The maximum atomic E-state index is 11.7. The topological polar surface area (TPSA) is 52.3 Å². The molecule has 0 aliphatic carbocycles. The molecule has 0 fully saturated rings. The molecular weight excluding hydrogens is 290 g/mol. The molecule has 16 heavy (non-hydrogen) atoms. The average Bonchev–Trinajstić information content (AvgIpc) is 2.25. The minimum atomic E-state index is -0.857. The third-order valence-electron chi connectivity index (χ3n) is 2.15. The van der Waals surface area contributed by atoms with Gasteiger partial charge in [0.1, 0.15) is 0 Å². The second-order valence-electron chi connectivity index (χ2n) is 3.45. The monoisotopic (exact) mass is 305 g/mol. The normalized spacial score (nSPS) is 12.6. The van der Waals surface area contributed by atoms with Crippen LogP contribution in [0.5, 0.6) is 0 Å². The van der Waals surface area contributed by atoms with Gasteiger partial charge in [-0.25, -0.2) is 0 Å². The number of hydrogen-bond donors (Lipinski definition) is 1. The second-order valence-corrected chi connectivity index (χ2v) is 5.82. The first-order valence-electron chi connectivity index (χ1n) is 5.02. The summed E-state index contributed by atoms with van der Waals surface area (Å²) in [5.41, 5.74) is 7.43. The van der Waals surface area contributed by atoms with Gasteiger partial charge in [-0.1, -0.05) is 12.1 Å². The molecule has 1 unspecified atom stereocenters. The second kappa shape index (κ2) is 7.04. The number of anilines is 1. The van der Waals surface area contributed by atoms with Gasteiger partial charge in [-0.15, -0.1) is 0 Å². The van der Waals surface area contributed by atoms with Crippen LogP contribution in [0.1, 0.15) is 12.0 Å². The molecule has 0 aliphatic rings. The van der Waals surface area contributed by atoms with Crippen molar-refractivity contribution in [2.75, 3.05) is 25.2 Å². The standard InChI is InChI=1S/C11H16BrNO2S/c1-15-6-3-7-16(14)8-9-4-2-5-10(13)11(9)12/h2,4-5H,3,6-8,13H2,1H3. The molecule has 0 amide bonds. The Hall–Kier alpha value is -0.390. The van der Waals surface area contributed by atoms with Crippen LogP contribution in [0.2, 0.25) is 0 Å². The Labute approximate surface area is 107 Å². The molecule has 0 aliphatic heterocycles. The number of benzene rings is 1. The molecule has 1 aromatic rings. The van der Waals surface area contributed by atoms with Gasteiger partial charge in [-0.3, -0.25) is 4.21 Å². The van der Waals surface area contributed by atoms with Crippen LogP contribution in [0.15, 0.2) is 22.7 Å². The molecule has 0 heterocycles. The van der Waals surface area contributed by atoms with E-state index in [1.807, 2.05) is 18.2 Å². The highest BCUT2D eigenvalue weighted by Gasteiger charge is 2.07. The smallest absolute Gasteiger partial charge is 0.0497 e. The summed E-state index contributed by atoms with van der Waals surface area (Å²) in [7, 11) is 0.794. The van der Waals surface area contributed by atoms with Gasteiger partial charge in [-0.2, -0.15) is 0 Å². The Bertz CT molecular complexity index is 371. The van der Waals surface area contributed by atoms with Crippen LogP contribution in [0.25, 0.3) is 0 Å². The summed E-state index contributed by atoms with van der Waals surface area (Å²) in [4.78, 5) is 0. The Morgan fingerprint density at radius 2 is 2.25 bits per heavy atom. The summed E-state index contributed by atoms with van der Waals surface area (Å²) in [5.74, 6) is 1.20. The number of ether oxygens (including phenoxy) is 1. The number of rotatable bonds is 6. The number of methoxy groups -OCH3 is 1. The first kappa shape index (κ1) is 13.7. The first-order valence-corrected chi connectivity index (χ1v) is 7.30. The lowest BCUT2D eigenvalue weighted by Crippen LogP contribution is -2.05. The molecule has 1 aromatic carbocycles. The van der Waals surface area contributed by atoms with Crippen molar-refractivity contribution in [3.8, 4) is 0 Å². The molecular formula is C11H16BrNO2S. The van der Waals surface area contributed by atoms with Gasteiger partial charge in [0.2, 0.25) is 0 Å². The molecule has 3 nitrogen and oxygen atoms in total. The van der Waals surface area contributed by atoms with Crippen molar-refractivity contribution in [2.24, 2.45) is 0 Å². The maximum Gasteiger partial charge on any atom is 0.0497 e.